The Morgan fingerprint density at radius 2 is 1.81 bits per heavy atom. The van der Waals surface area contributed by atoms with Crippen molar-refractivity contribution in [2.75, 3.05) is 24.7 Å². The van der Waals surface area contributed by atoms with Crippen molar-refractivity contribution in [3.63, 3.8) is 0 Å². The van der Waals surface area contributed by atoms with Crippen molar-refractivity contribution in [3.8, 4) is 5.69 Å². The summed E-state index contributed by atoms with van der Waals surface area (Å²) in [5, 5.41) is 3.96. The summed E-state index contributed by atoms with van der Waals surface area (Å²) in [5.41, 5.74) is -0.366. The highest BCUT2D eigenvalue weighted by atomic mass is 19.4. The van der Waals surface area contributed by atoms with E-state index in [1.165, 1.54) is 43.1 Å². The molecule has 0 bridgehead atoms. The molecule has 0 saturated carbocycles. The number of halogens is 4. The van der Waals surface area contributed by atoms with E-state index in [1.807, 2.05) is 6.92 Å². The highest BCUT2D eigenvalue weighted by Gasteiger charge is 2.45. The van der Waals surface area contributed by atoms with Gasteiger partial charge in [0.1, 0.15) is 17.9 Å². The zero-order valence-corrected chi connectivity index (χ0v) is 29.4. The van der Waals surface area contributed by atoms with Crippen molar-refractivity contribution in [3.05, 3.63) is 110 Å². The molecule has 0 unspecified atom stereocenters. The predicted molar refractivity (Wildman–Crippen MR) is 190 cm³/mol. The Balaban J connectivity index is 1.37. The van der Waals surface area contributed by atoms with Gasteiger partial charge in [-0.2, -0.15) is 13.2 Å². The second kappa shape index (κ2) is 14.8. The minimum absolute atomic E-state index is 0.0124. The maximum absolute atomic E-state index is 15.7. The van der Waals surface area contributed by atoms with E-state index in [-0.39, 0.29) is 36.2 Å². The van der Waals surface area contributed by atoms with Crippen LogP contribution < -0.4 is 21.5 Å². The average molecular weight is 736 g/mol. The second-order valence-electron chi connectivity index (χ2n) is 13.0. The number of alkyl halides is 3. The zero-order chi connectivity index (χ0) is 38.2. The Hall–Kier alpha value is -5.57. The first-order chi connectivity index (χ1) is 25.2. The van der Waals surface area contributed by atoms with E-state index < -0.39 is 65.5 Å². The monoisotopic (exact) mass is 735 g/mol. The summed E-state index contributed by atoms with van der Waals surface area (Å²) >= 11 is 0. The molecule has 3 atom stereocenters. The number of anilines is 1. The summed E-state index contributed by atoms with van der Waals surface area (Å²) in [4.78, 5) is 59.5. The SMILES string of the molecule is CC[C@H](C)OC(=O)[C@H](Cc1ccc(-n2c(=O)c3ccncc3n(C)c2=O)c2ccccc12)NC(=O)c1c(C)cc(N2CCOC[C@@H]2C(F)(F)F)cc1F. The number of hydrogen-bond acceptors (Lipinski definition) is 8. The van der Waals surface area contributed by atoms with Crippen LogP contribution in [0.2, 0.25) is 0 Å². The van der Waals surface area contributed by atoms with E-state index >= 15 is 4.39 Å². The van der Waals surface area contributed by atoms with Crippen LogP contribution in [-0.2, 0) is 27.7 Å². The number of benzene rings is 3. The van der Waals surface area contributed by atoms with Crippen molar-refractivity contribution in [2.24, 2.45) is 7.05 Å². The largest absolute Gasteiger partial charge is 0.461 e. The molecule has 1 aliphatic rings. The van der Waals surface area contributed by atoms with Crippen LogP contribution in [0.1, 0.15) is 41.8 Å². The first-order valence-electron chi connectivity index (χ1n) is 17.0. The Morgan fingerprint density at radius 3 is 2.51 bits per heavy atom. The quantitative estimate of drug-likeness (QED) is 0.163. The first-order valence-corrected chi connectivity index (χ1v) is 17.0. The molecule has 3 aromatic carbocycles. The molecule has 5 aromatic rings. The number of nitrogens with zero attached hydrogens (tertiary/aromatic N) is 4. The number of rotatable bonds is 9. The number of aryl methyl sites for hydroxylation is 2. The number of esters is 1. The molecule has 15 heteroatoms. The van der Waals surface area contributed by atoms with Crippen LogP contribution in [0.15, 0.2) is 76.6 Å². The van der Waals surface area contributed by atoms with Gasteiger partial charge in [0.05, 0.1) is 47.7 Å². The minimum Gasteiger partial charge on any atom is -0.461 e. The number of ether oxygens (including phenoxy) is 2. The number of carbonyl (C=O) groups is 2. The van der Waals surface area contributed by atoms with E-state index in [0.29, 0.717) is 34.0 Å². The molecule has 1 aliphatic heterocycles. The summed E-state index contributed by atoms with van der Waals surface area (Å²) in [7, 11) is 1.54. The molecule has 278 valence electrons. The Morgan fingerprint density at radius 1 is 1.08 bits per heavy atom. The highest BCUT2D eigenvalue weighted by Crippen LogP contribution is 2.33. The fraction of sp³-hybridized carbons (Fsp3) is 0.342. The van der Waals surface area contributed by atoms with Crippen LogP contribution in [0, 0.1) is 12.7 Å². The Kier molecular flexibility index (Phi) is 10.4. The molecule has 2 aromatic heterocycles. The maximum Gasteiger partial charge on any atom is 0.411 e. The number of hydrogen-bond donors (Lipinski definition) is 1. The van der Waals surface area contributed by atoms with Gasteiger partial charge >= 0.3 is 17.8 Å². The number of nitrogens with one attached hydrogen (secondary N) is 1. The molecule has 53 heavy (non-hydrogen) atoms. The van der Waals surface area contributed by atoms with E-state index in [1.54, 1.807) is 43.3 Å². The van der Waals surface area contributed by atoms with Gasteiger partial charge in [0.2, 0.25) is 0 Å². The van der Waals surface area contributed by atoms with Crippen molar-refractivity contribution in [1.82, 2.24) is 19.4 Å². The van der Waals surface area contributed by atoms with E-state index in [2.05, 4.69) is 10.3 Å². The van der Waals surface area contributed by atoms with Gasteiger partial charge in [-0.3, -0.25) is 19.1 Å². The van der Waals surface area contributed by atoms with Crippen LogP contribution in [0.4, 0.5) is 23.2 Å². The van der Waals surface area contributed by atoms with Gasteiger partial charge in [-0.1, -0.05) is 37.3 Å². The van der Waals surface area contributed by atoms with Gasteiger partial charge in [0.15, 0.2) is 0 Å². The first kappa shape index (κ1) is 37.2. The molecule has 1 N–H and O–H groups in total. The molecule has 6 rings (SSSR count). The molecule has 0 spiro atoms. The number of amides is 1. The molecule has 11 nitrogen and oxygen atoms in total. The third kappa shape index (κ3) is 7.25. The smallest absolute Gasteiger partial charge is 0.411 e. The van der Waals surface area contributed by atoms with Gasteiger partial charge in [0.25, 0.3) is 11.5 Å². The van der Waals surface area contributed by atoms with Crippen LogP contribution >= 0.6 is 0 Å². The molecular formula is C38H37F4N5O6. The lowest BCUT2D eigenvalue weighted by molar-refractivity contribution is -0.167. The number of aromatic nitrogens is 3. The van der Waals surface area contributed by atoms with E-state index in [4.69, 9.17) is 9.47 Å². The van der Waals surface area contributed by atoms with Gasteiger partial charge in [-0.15, -0.1) is 0 Å². The van der Waals surface area contributed by atoms with E-state index in [9.17, 15) is 32.3 Å². The van der Waals surface area contributed by atoms with Crippen LogP contribution in [0.3, 0.4) is 0 Å². The molecule has 1 saturated heterocycles. The Labute approximate surface area is 300 Å². The highest BCUT2D eigenvalue weighted by molar-refractivity contribution is 5.99. The fourth-order valence-corrected chi connectivity index (χ4v) is 6.60. The summed E-state index contributed by atoms with van der Waals surface area (Å²) < 4.78 is 70.0. The molecule has 1 amide bonds. The van der Waals surface area contributed by atoms with Gasteiger partial charge in [-0.25, -0.2) is 18.5 Å². The van der Waals surface area contributed by atoms with Crippen molar-refractivity contribution in [1.29, 1.82) is 0 Å². The molecule has 1 fully saturated rings. The minimum atomic E-state index is -4.63. The normalized spacial score (nSPS) is 16.1. The standard InChI is InChI=1S/C38H37F4N5O6/c1-5-22(3)53-36(50)29(44-34(48)33-21(2)16-24(18-28(33)39)46-14-15-52-20-32(46)38(40,41)42)17-23-10-11-30(26-9-7-6-8-25(23)26)47-35(49)27-12-13-43-19-31(27)45(4)37(47)51/h6-13,16,18-19,22,29,32H,5,14-15,17,20H2,1-4H3,(H,44,48)/t22-,29-,32+/m0/s1. The lowest BCUT2D eigenvalue weighted by Gasteiger charge is -2.38. The maximum atomic E-state index is 15.7. The van der Waals surface area contributed by atoms with E-state index in [0.717, 1.165) is 15.5 Å². The fourth-order valence-electron chi connectivity index (χ4n) is 6.60. The van der Waals surface area contributed by atoms with Gasteiger partial charge < -0.3 is 19.7 Å². The van der Waals surface area contributed by atoms with Gasteiger partial charge in [-0.05, 0) is 61.0 Å². The van der Waals surface area contributed by atoms with Crippen LogP contribution in [-0.4, -0.2) is 70.1 Å². The topological polar surface area (TPSA) is 125 Å². The van der Waals surface area contributed by atoms with Crippen molar-refractivity contribution >= 4 is 39.2 Å². The molecule has 0 radical (unpaired) electrons. The third-order valence-electron chi connectivity index (χ3n) is 9.55. The average Bonchev–Trinajstić information content (AvgIpc) is 3.13. The van der Waals surface area contributed by atoms with Crippen molar-refractivity contribution < 1.29 is 36.6 Å². The third-order valence-corrected chi connectivity index (χ3v) is 9.55. The second-order valence-corrected chi connectivity index (χ2v) is 13.0. The lowest BCUT2D eigenvalue weighted by atomic mass is 9.96. The summed E-state index contributed by atoms with van der Waals surface area (Å²) in [5.74, 6) is -2.81. The number of fused-ring (bicyclic) bond motifs is 2. The molecule has 3 heterocycles. The summed E-state index contributed by atoms with van der Waals surface area (Å²) in [6.45, 7) is 4.16. The lowest BCUT2D eigenvalue weighted by Crippen LogP contribution is -2.53. The molecular weight excluding hydrogens is 698 g/mol. The predicted octanol–water partition coefficient (Wildman–Crippen LogP) is 5.14. The van der Waals surface area contributed by atoms with Crippen LogP contribution in [0.25, 0.3) is 27.4 Å². The van der Waals surface area contributed by atoms with Crippen LogP contribution in [0.5, 0.6) is 0 Å². The van der Waals surface area contributed by atoms with Gasteiger partial charge in [0, 0.05) is 37.3 Å². The zero-order valence-electron chi connectivity index (χ0n) is 29.4. The number of morpholine rings is 1. The van der Waals surface area contributed by atoms with Crippen molar-refractivity contribution in [2.45, 2.75) is 58.0 Å². The Bertz CT molecular complexity index is 2320. The number of carbonyl (C=O) groups excluding carboxylic acids is 2. The summed E-state index contributed by atoms with van der Waals surface area (Å²) in [6.07, 6.45) is -1.90. The number of pyridine rings is 1. The summed E-state index contributed by atoms with van der Waals surface area (Å²) in [6, 6.07) is 10.5. The molecule has 0 aliphatic carbocycles.